The third-order valence-corrected chi connectivity index (χ3v) is 5.04. The molecule has 35 heavy (non-hydrogen) atoms. The summed E-state index contributed by atoms with van der Waals surface area (Å²) in [6.45, 7) is 1.95. The number of nitrogens with two attached hydrogens (primary N) is 1. The molecule has 0 spiro atoms. The second kappa shape index (κ2) is 9.94. The number of halogens is 3. The lowest BCUT2D eigenvalue weighted by atomic mass is 10.1. The van der Waals surface area contributed by atoms with Crippen molar-refractivity contribution >= 4 is 29.2 Å². The molecule has 2 N–H and O–H groups in total. The zero-order chi connectivity index (χ0) is 25.0. The molecule has 0 atom stereocenters. The van der Waals surface area contributed by atoms with Crippen LogP contribution in [0, 0.1) is 6.92 Å². The highest BCUT2D eigenvalue weighted by molar-refractivity contribution is 7.80. The highest BCUT2D eigenvalue weighted by Gasteiger charge is 2.31. The number of rotatable bonds is 6. The molecule has 1 heterocycles. The van der Waals surface area contributed by atoms with Gasteiger partial charge in [-0.25, -0.2) is 14.7 Å². The van der Waals surface area contributed by atoms with Gasteiger partial charge in [-0.2, -0.15) is 5.10 Å². The summed E-state index contributed by atoms with van der Waals surface area (Å²) in [5.41, 5.74) is 9.73. The zero-order valence-electron chi connectivity index (χ0n) is 18.3. The number of anilines is 1. The van der Waals surface area contributed by atoms with Gasteiger partial charge in [0.1, 0.15) is 12.1 Å². The van der Waals surface area contributed by atoms with Crippen molar-refractivity contribution in [2.45, 2.75) is 13.3 Å². The van der Waals surface area contributed by atoms with Gasteiger partial charge in [-0.1, -0.05) is 42.5 Å². The summed E-state index contributed by atoms with van der Waals surface area (Å²) in [6.07, 6.45) is -1.62. The van der Waals surface area contributed by atoms with Gasteiger partial charge in [0.25, 0.3) is 0 Å². The van der Waals surface area contributed by atoms with Crippen LogP contribution in [-0.2, 0) is 0 Å². The minimum absolute atomic E-state index is 0.125. The predicted octanol–water partition coefficient (Wildman–Crippen LogP) is 5.23. The molecule has 11 heteroatoms. The fraction of sp³-hybridized carbons (Fsp3) is 0.0833. The average molecular weight is 497 g/mol. The number of thiocarbonyl (C=S) groups is 1. The monoisotopic (exact) mass is 496 g/mol. The highest BCUT2D eigenvalue weighted by Crippen LogP contribution is 2.24. The van der Waals surface area contributed by atoms with Gasteiger partial charge in [0.15, 0.2) is 10.9 Å². The Hall–Kier alpha value is -4.25. The van der Waals surface area contributed by atoms with E-state index >= 15 is 0 Å². The van der Waals surface area contributed by atoms with E-state index in [2.05, 4.69) is 19.9 Å². The molecule has 4 rings (SSSR count). The standard InChI is InChI=1S/C24H19F3N6OS/c1-16-4-2-3-5-21(16)33(23(28)35)30-14-17-6-8-18(9-7-17)22-29-15-32(31-22)19-10-12-20(13-11-19)34-24(25,26)27/h2-15H,1H3,(H2,28,35)/b30-14+. The largest absolute Gasteiger partial charge is 0.573 e. The van der Waals surface area contributed by atoms with Crippen LogP contribution in [0.5, 0.6) is 5.75 Å². The molecular formula is C24H19F3N6OS. The van der Waals surface area contributed by atoms with E-state index in [0.717, 1.165) is 22.4 Å². The van der Waals surface area contributed by atoms with Crippen LogP contribution in [0.4, 0.5) is 18.9 Å². The van der Waals surface area contributed by atoms with E-state index in [1.165, 1.54) is 40.3 Å². The molecular weight excluding hydrogens is 477 g/mol. The van der Waals surface area contributed by atoms with Crippen molar-refractivity contribution in [3.8, 4) is 22.8 Å². The van der Waals surface area contributed by atoms with Crippen LogP contribution >= 0.6 is 12.2 Å². The third-order valence-electron chi connectivity index (χ3n) is 4.87. The predicted molar refractivity (Wildman–Crippen MR) is 132 cm³/mol. The van der Waals surface area contributed by atoms with Crippen LogP contribution in [-0.4, -0.2) is 32.5 Å². The van der Waals surface area contributed by atoms with E-state index in [1.54, 1.807) is 6.21 Å². The maximum atomic E-state index is 12.3. The van der Waals surface area contributed by atoms with Crippen LogP contribution in [0.1, 0.15) is 11.1 Å². The van der Waals surface area contributed by atoms with Gasteiger partial charge < -0.3 is 10.5 Å². The first-order chi connectivity index (χ1) is 16.7. The smallest absolute Gasteiger partial charge is 0.406 e. The van der Waals surface area contributed by atoms with Crippen LogP contribution in [0.3, 0.4) is 0 Å². The topological polar surface area (TPSA) is 81.6 Å². The molecule has 0 aliphatic carbocycles. The van der Waals surface area contributed by atoms with Gasteiger partial charge in [-0.3, -0.25) is 0 Å². The summed E-state index contributed by atoms with van der Waals surface area (Å²) in [7, 11) is 0. The molecule has 4 aromatic rings. The van der Waals surface area contributed by atoms with Crippen molar-refractivity contribution in [2.24, 2.45) is 10.8 Å². The van der Waals surface area contributed by atoms with Crippen molar-refractivity contribution in [1.29, 1.82) is 0 Å². The van der Waals surface area contributed by atoms with E-state index in [4.69, 9.17) is 18.0 Å². The van der Waals surface area contributed by atoms with E-state index < -0.39 is 6.36 Å². The van der Waals surface area contributed by atoms with Crippen LogP contribution < -0.4 is 15.5 Å². The number of ether oxygens (including phenoxy) is 1. The average Bonchev–Trinajstić information content (AvgIpc) is 3.30. The number of aryl methyl sites for hydroxylation is 1. The number of alkyl halides is 3. The van der Waals surface area contributed by atoms with Crippen LogP contribution in [0.25, 0.3) is 17.1 Å². The Morgan fingerprint density at radius 1 is 1.06 bits per heavy atom. The maximum absolute atomic E-state index is 12.3. The van der Waals surface area contributed by atoms with Gasteiger partial charge in [0, 0.05) is 5.56 Å². The Morgan fingerprint density at radius 2 is 1.74 bits per heavy atom. The Bertz CT molecular complexity index is 1350. The molecule has 0 aliphatic heterocycles. The second-order valence-corrected chi connectivity index (χ2v) is 7.78. The first-order valence-electron chi connectivity index (χ1n) is 10.3. The molecule has 3 aromatic carbocycles. The lowest BCUT2D eigenvalue weighted by Gasteiger charge is -2.18. The summed E-state index contributed by atoms with van der Waals surface area (Å²) in [5.74, 6) is 0.143. The lowest BCUT2D eigenvalue weighted by molar-refractivity contribution is -0.274. The van der Waals surface area contributed by atoms with Gasteiger partial charge in [-0.15, -0.1) is 18.3 Å². The number of hydrazone groups is 1. The summed E-state index contributed by atoms with van der Waals surface area (Å²) in [5, 5.41) is 10.4. The summed E-state index contributed by atoms with van der Waals surface area (Å²) in [4.78, 5) is 4.29. The Labute approximate surface area is 204 Å². The van der Waals surface area contributed by atoms with Crippen molar-refractivity contribution in [3.63, 3.8) is 0 Å². The minimum Gasteiger partial charge on any atom is -0.406 e. The molecule has 0 saturated carbocycles. The van der Waals surface area contributed by atoms with E-state index in [-0.39, 0.29) is 10.9 Å². The van der Waals surface area contributed by atoms with E-state index in [0.29, 0.717) is 11.5 Å². The summed E-state index contributed by atoms with van der Waals surface area (Å²) < 4.78 is 42.3. The molecule has 0 aliphatic rings. The number of hydrogen-bond acceptors (Lipinski definition) is 5. The molecule has 0 bridgehead atoms. The SMILES string of the molecule is Cc1ccccc1N(/N=C/c1ccc(-c2ncn(-c3ccc(OC(F)(F)F)cc3)n2)cc1)C(N)=S. The Kier molecular flexibility index (Phi) is 6.78. The number of aromatic nitrogens is 3. The fourth-order valence-corrected chi connectivity index (χ4v) is 3.35. The number of para-hydroxylation sites is 1. The first-order valence-corrected chi connectivity index (χ1v) is 10.7. The quantitative estimate of drug-likeness (QED) is 0.224. The molecule has 0 unspecified atom stereocenters. The molecule has 0 radical (unpaired) electrons. The molecule has 0 saturated heterocycles. The van der Waals surface area contributed by atoms with Gasteiger partial charge in [-0.05, 0) is 60.6 Å². The first kappa shape index (κ1) is 23.9. The van der Waals surface area contributed by atoms with Crippen molar-refractivity contribution in [1.82, 2.24) is 14.8 Å². The van der Waals surface area contributed by atoms with E-state index in [9.17, 15) is 13.2 Å². The third kappa shape index (κ3) is 6.01. The fourth-order valence-electron chi connectivity index (χ4n) is 3.20. The lowest BCUT2D eigenvalue weighted by Crippen LogP contribution is -2.31. The molecule has 0 amide bonds. The Morgan fingerprint density at radius 3 is 2.37 bits per heavy atom. The van der Waals surface area contributed by atoms with Gasteiger partial charge in [0.05, 0.1) is 17.6 Å². The normalized spacial score (nSPS) is 11.5. The number of nitrogens with zero attached hydrogens (tertiary/aromatic N) is 5. The Balaban J connectivity index is 1.48. The van der Waals surface area contributed by atoms with Gasteiger partial charge >= 0.3 is 6.36 Å². The molecule has 178 valence electrons. The summed E-state index contributed by atoms with van der Waals surface area (Å²) >= 11 is 5.15. The second-order valence-electron chi connectivity index (χ2n) is 7.36. The molecule has 0 fully saturated rings. The van der Waals surface area contributed by atoms with Crippen LogP contribution in [0.2, 0.25) is 0 Å². The number of benzene rings is 3. The highest BCUT2D eigenvalue weighted by atomic mass is 32.1. The summed E-state index contributed by atoms with van der Waals surface area (Å²) in [6, 6.07) is 20.3. The van der Waals surface area contributed by atoms with E-state index in [1.807, 2.05) is 55.5 Å². The number of hydrogen-bond donors (Lipinski definition) is 1. The zero-order valence-corrected chi connectivity index (χ0v) is 19.2. The molecule has 1 aromatic heterocycles. The van der Waals surface area contributed by atoms with Crippen molar-refractivity contribution < 1.29 is 17.9 Å². The van der Waals surface area contributed by atoms with Crippen molar-refractivity contribution in [3.05, 3.63) is 90.3 Å². The minimum atomic E-state index is -4.74. The maximum Gasteiger partial charge on any atom is 0.573 e. The molecule has 7 nitrogen and oxygen atoms in total. The van der Waals surface area contributed by atoms with Crippen molar-refractivity contribution in [2.75, 3.05) is 5.01 Å². The van der Waals surface area contributed by atoms with Gasteiger partial charge in [0.2, 0.25) is 0 Å². The van der Waals surface area contributed by atoms with Crippen LogP contribution in [0.15, 0.2) is 84.2 Å².